The van der Waals surface area contributed by atoms with Gasteiger partial charge in [-0.15, -0.1) is 0 Å². The molecule has 0 radical (unpaired) electrons. The van der Waals surface area contributed by atoms with Crippen molar-refractivity contribution in [2.45, 2.75) is 45.3 Å². The minimum absolute atomic E-state index is 0.116. The fourth-order valence-electron chi connectivity index (χ4n) is 2.16. The normalized spacial score (nSPS) is 23.6. The standard InChI is InChI=1S/C14H26N2O5/c1-13(2,3)10(7-11(17)18)16-12(19)15-8-14(20-4)5-6-21-9-14/h10H,5-9H2,1-4H3,(H,17,18)(H2,15,16,19). The van der Waals surface area contributed by atoms with E-state index in [1.54, 1.807) is 7.11 Å². The first kappa shape index (κ1) is 17.7. The van der Waals surface area contributed by atoms with Crippen LogP contribution in [0.4, 0.5) is 4.79 Å². The number of aliphatic carboxylic acids is 1. The van der Waals surface area contributed by atoms with Gasteiger partial charge < -0.3 is 25.2 Å². The number of amides is 2. The highest BCUT2D eigenvalue weighted by molar-refractivity contribution is 5.76. The number of ether oxygens (including phenoxy) is 2. The largest absolute Gasteiger partial charge is 0.481 e. The number of urea groups is 1. The van der Waals surface area contributed by atoms with Crippen LogP contribution < -0.4 is 10.6 Å². The topological polar surface area (TPSA) is 96.9 Å². The third-order valence-corrected chi connectivity index (χ3v) is 3.80. The molecule has 1 aliphatic heterocycles. The molecule has 7 heteroatoms. The number of carbonyl (C=O) groups excluding carboxylic acids is 1. The molecule has 0 saturated carbocycles. The molecular formula is C14H26N2O5. The Morgan fingerprint density at radius 3 is 2.52 bits per heavy atom. The van der Waals surface area contributed by atoms with Crippen LogP contribution >= 0.6 is 0 Å². The quantitative estimate of drug-likeness (QED) is 0.679. The highest BCUT2D eigenvalue weighted by atomic mass is 16.5. The SMILES string of the molecule is COC1(CNC(=O)NC(CC(=O)O)C(C)(C)C)CCOC1. The van der Waals surface area contributed by atoms with Crippen LogP contribution in [0, 0.1) is 5.41 Å². The number of carboxylic acid groups (broad SMARTS) is 1. The molecule has 0 aromatic carbocycles. The fraction of sp³-hybridized carbons (Fsp3) is 0.857. The Labute approximate surface area is 125 Å². The summed E-state index contributed by atoms with van der Waals surface area (Å²) in [6.07, 6.45) is 0.608. The molecule has 1 heterocycles. The molecule has 3 N–H and O–H groups in total. The molecule has 1 rings (SSSR count). The summed E-state index contributed by atoms with van der Waals surface area (Å²) in [6, 6.07) is -0.840. The summed E-state index contributed by atoms with van der Waals surface area (Å²) in [5.74, 6) is -0.937. The Balaban J connectivity index is 2.52. The van der Waals surface area contributed by atoms with Gasteiger partial charge in [-0.2, -0.15) is 0 Å². The zero-order chi connectivity index (χ0) is 16.1. The van der Waals surface area contributed by atoms with Gasteiger partial charge in [0.2, 0.25) is 0 Å². The van der Waals surface area contributed by atoms with Crippen molar-refractivity contribution in [2.75, 3.05) is 26.9 Å². The number of hydrogen-bond donors (Lipinski definition) is 3. The molecule has 0 aromatic heterocycles. The molecule has 7 nitrogen and oxygen atoms in total. The second-order valence-corrected chi connectivity index (χ2v) is 6.53. The molecule has 0 aliphatic carbocycles. The van der Waals surface area contributed by atoms with Gasteiger partial charge in [0.25, 0.3) is 0 Å². The predicted molar refractivity (Wildman–Crippen MR) is 77.2 cm³/mol. The molecule has 0 bridgehead atoms. The molecule has 2 unspecified atom stereocenters. The highest BCUT2D eigenvalue weighted by Crippen LogP contribution is 2.23. The van der Waals surface area contributed by atoms with Crippen molar-refractivity contribution >= 4 is 12.0 Å². The third kappa shape index (κ3) is 5.51. The lowest BCUT2D eigenvalue weighted by Crippen LogP contribution is -2.52. The Hall–Kier alpha value is -1.34. The van der Waals surface area contributed by atoms with E-state index in [9.17, 15) is 9.59 Å². The van der Waals surface area contributed by atoms with Gasteiger partial charge in [0.15, 0.2) is 0 Å². The smallest absolute Gasteiger partial charge is 0.315 e. The Morgan fingerprint density at radius 1 is 1.43 bits per heavy atom. The molecular weight excluding hydrogens is 276 g/mol. The first-order valence-corrected chi connectivity index (χ1v) is 7.07. The second kappa shape index (κ2) is 7.09. The molecule has 21 heavy (non-hydrogen) atoms. The van der Waals surface area contributed by atoms with Crippen molar-refractivity contribution in [3.63, 3.8) is 0 Å². The summed E-state index contributed by atoms with van der Waals surface area (Å²) in [5, 5.41) is 14.4. The van der Waals surface area contributed by atoms with E-state index in [1.165, 1.54) is 0 Å². The van der Waals surface area contributed by atoms with Crippen LogP contribution in [0.2, 0.25) is 0 Å². The van der Waals surface area contributed by atoms with Gasteiger partial charge in [0.05, 0.1) is 19.6 Å². The third-order valence-electron chi connectivity index (χ3n) is 3.80. The van der Waals surface area contributed by atoms with Gasteiger partial charge in [-0.3, -0.25) is 4.79 Å². The summed E-state index contributed by atoms with van der Waals surface area (Å²) < 4.78 is 10.7. The zero-order valence-corrected chi connectivity index (χ0v) is 13.2. The number of carboxylic acids is 1. The summed E-state index contributed by atoms with van der Waals surface area (Å²) in [7, 11) is 1.59. The van der Waals surface area contributed by atoms with Crippen molar-refractivity contribution in [3.05, 3.63) is 0 Å². The molecule has 0 spiro atoms. The van der Waals surface area contributed by atoms with Gasteiger partial charge in [0, 0.05) is 26.2 Å². The lowest BCUT2D eigenvalue weighted by atomic mass is 9.85. The molecule has 0 aromatic rings. The van der Waals surface area contributed by atoms with E-state index in [-0.39, 0.29) is 17.9 Å². The van der Waals surface area contributed by atoms with Crippen molar-refractivity contribution in [1.29, 1.82) is 0 Å². The van der Waals surface area contributed by atoms with Crippen LogP contribution in [0.5, 0.6) is 0 Å². The van der Waals surface area contributed by atoms with Gasteiger partial charge in [-0.1, -0.05) is 20.8 Å². The maximum Gasteiger partial charge on any atom is 0.315 e. The number of rotatable bonds is 6. The van der Waals surface area contributed by atoms with Gasteiger partial charge >= 0.3 is 12.0 Å². The zero-order valence-electron chi connectivity index (χ0n) is 13.2. The Bertz CT molecular complexity index is 372. The van der Waals surface area contributed by atoms with Crippen LogP contribution in [0.1, 0.15) is 33.6 Å². The second-order valence-electron chi connectivity index (χ2n) is 6.53. The maximum atomic E-state index is 12.0. The van der Waals surface area contributed by atoms with Crippen LogP contribution in [-0.4, -0.2) is 55.6 Å². The molecule has 1 aliphatic rings. The van der Waals surface area contributed by atoms with Crippen LogP contribution in [-0.2, 0) is 14.3 Å². The monoisotopic (exact) mass is 302 g/mol. The van der Waals surface area contributed by atoms with Crippen LogP contribution in [0.15, 0.2) is 0 Å². The average molecular weight is 302 g/mol. The maximum absolute atomic E-state index is 12.0. The van der Waals surface area contributed by atoms with Crippen molar-refractivity contribution in [3.8, 4) is 0 Å². The van der Waals surface area contributed by atoms with Crippen molar-refractivity contribution in [2.24, 2.45) is 5.41 Å². The fourth-order valence-corrected chi connectivity index (χ4v) is 2.16. The van der Waals surface area contributed by atoms with E-state index in [0.29, 0.717) is 19.8 Å². The first-order chi connectivity index (χ1) is 9.68. The molecule has 122 valence electrons. The van der Waals surface area contributed by atoms with Crippen molar-refractivity contribution in [1.82, 2.24) is 10.6 Å². The molecule has 1 fully saturated rings. The van der Waals surface area contributed by atoms with Gasteiger partial charge in [-0.25, -0.2) is 4.79 Å². The summed E-state index contributed by atoms with van der Waals surface area (Å²) in [6.45, 7) is 7.06. The minimum Gasteiger partial charge on any atom is -0.481 e. The van der Waals surface area contributed by atoms with E-state index < -0.39 is 17.6 Å². The molecule has 1 saturated heterocycles. The van der Waals surface area contributed by atoms with Gasteiger partial charge in [0.1, 0.15) is 5.60 Å². The van der Waals surface area contributed by atoms with Gasteiger partial charge in [-0.05, 0) is 5.41 Å². The molecule has 2 amide bonds. The van der Waals surface area contributed by atoms with E-state index in [1.807, 2.05) is 20.8 Å². The lowest BCUT2D eigenvalue weighted by molar-refractivity contribution is -0.138. The van der Waals surface area contributed by atoms with E-state index >= 15 is 0 Å². The number of carbonyl (C=O) groups is 2. The number of methoxy groups -OCH3 is 1. The Morgan fingerprint density at radius 2 is 2.10 bits per heavy atom. The van der Waals surface area contributed by atoms with E-state index in [0.717, 1.165) is 6.42 Å². The summed E-state index contributed by atoms with van der Waals surface area (Å²) in [5.41, 5.74) is -0.827. The number of nitrogens with one attached hydrogen (secondary N) is 2. The van der Waals surface area contributed by atoms with E-state index in [2.05, 4.69) is 10.6 Å². The minimum atomic E-state index is -0.937. The first-order valence-electron chi connectivity index (χ1n) is 7.07. The van der Waals surface area contributed by atoms with Crippen LogP contribution in [0.25, 0.3) is 0 Å². The lowest BCUT2D eigenvalue weighted by Gasteiger charge is -2.31. The van der Waals surface area contributed by atoms with E-state index in [4.69, 9.17) is 14.6 Å². The predicted octanol–water partition coefficient (Wildman–Crippen LogP) is 0.981. The summed E-state index contributed by atoms with van der Waals surface area (Å²) >= 11 is 0. The van der Waals surface area contributed by atoms with Crippen molar-refractivity contribution < 1.29 is 24.2 Å². The highest BCUT2D eigenvalue weighted by Gasteiger charge is 2.36. The summed E-state index contributed by atoms with van der Waals surface area (Å²) in [4.78, 5) is 22.9. The average Bonchev–Trinajstić information content (AvgIpc) is 2.83. The Kier molecular flexibility index (Phi) is 5.98. The van der Waals surface area contributed by atoms with Crippen LogP contribution in [0.3, 0.4) is 0 Å². The number of hydrogen-bond acceptors (Lipinski definition) is 4. The molecule has 2 atom stereocenters.